The monoisotopic (exact) mass is 349 g/mol. The number of carbonyl (C=O) groups excluding carboxylic acids is 1. The lowest BCUT2D eigenvalue weighted by molar-refractivity contribution is -0.00277. The molecule has 1 saturated carbocycles. The van der Waals surface area contributed by atoms with E-state index in [1.807, 2.05) is 16.5 Å². The third-order valence-corrected chi connectivity index (χ3v) is 5.56. The van der Waals surface area contributed by atoms with E-state index in [0.717, 1.165) is 31.6 Å². The molecular weight excluding hydrogens is 318 g/mol. The van der Waals surface area contributed by atoms with Gasteiger partial charge in [0.15, 0.2) is 0 Å². The van der Waals surface area contributed by atoms with Crippen molar-refractivity contribution in [3.05, 3.63) is 12.2 Å². The van der Waals surface area contributed by atoms with Gasteiger partial charge in [0.25, 0.3) is 0 Å². The second kappa shape index (κ2) is 8.65. The zero-order valence-electron chi connectivity index (χ0n) is 15.5. The van der Waals surface area contributed by atoms with Crippen LogP contribution < -0.4 is 5.32 Å². The van der Waals surface area contributed by atoms with Crippen molar-refractivity contribution in [1.29, 1.82) is 0 Å². The second-order valence-electron chi connectivity index (χ2n) is 7.49. The Labute approximate surface area is 150 Å². The number of aryl methyl sites for hydroxylation is 1. The van der Waals surface area contributed by atoms with E-state index in [9.17, 15) is 4.79 Å². The molecule has 1 aliphatic carbocycles. The highest BCUT2D eigenvalue weighted by molar-refractivity contribution is 5.74. The van der Waals surface area contributed by atoms with Crippen molar-refractivity contribution in [3.63, 3.8) is 0 Å². The zero-order chi connectivity index (χ0) is 17.6. The molecule has 1 N–H and O–H groups in total. The van der Waals surface area contributed by atoms with Crippen LogP contribution in [-0.4, -0.2) is 58.0 Å². The molecule has 2 aliphatic rings. The molecule has 1 aromatic rings. The van der Waals surface area contributed by atoms with Gasteiger partial charge in [0, 0.05) is 32.6 Å². The Morgan fingerprint density at radius 1 is 1.32 bits per heavy atom. The highest BCUT2D eigenvalue weighted by Crippen LogP contribution is 2.26. The largest absolute Gasteiger partial charge is 0.376 e. The number of ether oxygens (including phenoxy) is 1. The van der Waals surface area contributed by atoms with Gasteiger partial charge >= 0.3 is 6.03 Å². The predicted octanol–water partition coefficient (Wildman–Crippen LogP) is 2.30. The van der Waals surface area contributed by atoms with Crippen molar-refractivity contribution in [3.8, 4) is 0 Å². The van der Waals surface area contributed by atoms with Crippen LogP contribution >= 0.6 is 0 Å². The summed E-state index contributed by atoms with van der Waals surface area (Å²) in [6, 6.07) is 0.00663. The number of hydrogen-bond donors (Lipinski definition) is 1. The van der Waals surface area contributed by atoms with Gasteiger partial charge in [-0.05, 0) is 31.6 Å². The van der Waals surface area contributed by atoms with Crippen molar-refractivity contribution in [1.82, 2.24) is 25.0 Å². The Morgan fingerprint density at radius 3 is 2.92 bits per heavy atom. The van der Waals surface area contributed by atoms with Gasteiger partial charge in [0.1, 0.15) is 12.2 Å². The number of carbonyl (C=O) groups is 1. The lowest BCUT2D eigenvalue weighted by Crippen LogP contribution is -2.46. The summed E-state index contributed by atoms with van der Waals surface area (Å²) in [6.07, 6.45) is 9.13. The first-order valence-electron chi connectivity index (χ1n) is 9.63. The lowest BCUT2D eigenvalue weighted by Gasteiger charge is -2.32. The quantitative estimate of drug-likeness (QED) is 0.828. The molecule has 0 bridgehead atoms. The van der Waals surface area contributed by atoms with Gasteiger partial charge in [0.05, 0.1) is 12.7 Å². The molecule has 2 amide bonds. The highest BCUT2D eigenvalue weighted by Gasteiger charge is 2.27. The van der Waals surface area contributed by atoms with Crippen LogP contribution in [0.5, 0.6) is 0 Å². The summed E-state index contributed by atoms with van der Waals surface area (Å²) in [4.78, 5) is 14.3. The van der Waals surface area contributed by atoms with Crippen molar-refractivity contribution < 1.29 is 9.53 Å². The number of urea groups is 1. The zero-order valence-corrected chi connectivity index (χ0v) is 15.5. The highest BCUT2D eigenvalue weighted by atomic mass is 16.5. The van der Waals surface area contributed by atoms with Crippen LogP contribution in [0.15, 0.2) is 6.33 Å². The minimum atomic E-state index is 0.00663. The Kier molecular flexibility index (Phi) is 6.29. The average Bonchev–Trinajstić information content (AvgIpc) is 3.06. The van der Waals surface area contributed by atoms with E-state index >= 15 is 0 Å². The first-order valence-corrected chi connectivity index (χ1v) is 9.63. The minimum absolute atomic E-state index is 0.00663. The topological polar surface area (TPSA) is 72.3 Å². The van der Waals surface area contributed by atoms with E-state index in [1.54, 1.807) is 6.33 Å². The third kappa shape index (κ3) is 4.71. The lowest BCUT2D eigenvalue weighted by atomic mass is 9.88. The summed E-state index contributed by atoms with van der Waals surface area (Å²) in [5.74, 6) is 1.87. The Morgan fingerprint density at radius 2 is 2.16 bits per heavy atom. The summed E-state index contributed by atoms with van der Waals surface area (Å²) >= 11 is 0. The van der Waals surface area contributed by atoms with Crippen LogP contribution in [0.2, 0.25) is 0 Å². The maximum atomic E-state index is 12.4. The number of nitrogens with zero attached hydrogens (tertiary/aromatic N) is 4. The average molecular weight is 349 g/mol. The molecule has 7 nitrogen and oxygen atoms in total. The van der Waals surface area contributed by atoms with Gasteiger partial charge in [0.2, 0.25) is 0 Å². The van der Waals surface area contributed by atoms with E-state index < -0.39 is 0 Å². The van der Waals surface area contributed by atoms with Gasteiger partial charge in [-0.3, -0.25) is 0 Å². The standard InChI is InChI=1S/C18H31N5O2/c1-14-6-3-4-8-16(14)25-11-9-19-18(24)23-10-5-7-15(12-23)17-21-20-13-22(17)2/h13-16H,3-12H2,1-2H3,(H,19,24)/t14-,15+,16-/m1/s1. The molecule has 0 spiro atoms. The molecule has 3 atom stereocenters. The van der Waals surface area contributed by atoms with E-state index in [2.05, 4.69) is 22.4 Å². The van der Waals surface area contributed by atoms with E-state index in [4.69, 9.17) is 4.74 Å². The SMILES string of the molecule is C[C@@H]1CCCC[C@H]1OCCNC(=O)N1CCC[C@H](c2nncn2C)C1. The summed E-state index contributed by atoms with van der Waals surface area (Å²) < 4.78 is 7.92. The number of hydrogen-bond acceptors (Lipinski definition) is 4. The Bertz CT molecular complexity index is 561. The number of rotatable bonds is 5. The van der Waals surface area contributed by atoms with Crippen LogP contribution in [0.4, 0.5) is 4.79 Å². The molecular formula is C18H31N5O2. The molecule has 2 heterocycles. The molecule has 1 aromatic heterocycles. The van der Waals surface area contributed by atoms with Crippen molar-refractivity contribution >= 4 is 6.03 Å². The van der Waals surface area contributed by atoms with Crippen LogP contribution in [0.25, 0.3) is 0 Å². The molecule has 2 fully saturated rings. The molecule has 1 aliphatic heterocycles. The first kappa shape index (κ1) is 18.2. The molecule has 140 valence electrons. The first-order chi connectivity index (χ1) is 12.1. The summed E-state index contributed by atoms with van der Waals surface area (Å²) in [7, 11) is 1.96. The van der Waals surface area contributed by atoms with Gasteiger partial charge in [-0.2, -0.15) is 0 Å². The minimum Gasteiger partial charge on any atom is -0.376 e. The molecule has 0 aromatic carbocycles. The van der Waals surface area contributed by atoms with Crippen molar-refractivity contribution in [2.45, 2.75) is 57.5 Å². The van der Waals surface area contributed by atoms with Gasteiger partial charge in [-0.25, -0.2) is 4.79 Å². The summed E-state index contributed by atoms with van der Waals surface area (Å²) in [5.41, 5.74) is 0. The Balaban J connectivity index is 1.40. The van der Waals surface area contributed by atoms with E-state index in [-0.39, 0.29) is 11.9 Å². The normalized spacial score (nSPS) is 27.3. The molecule has 0 radical (unpaired) electrons. The fourth-order valence-corrected chi connectivity index (χ4v) is 4.04. The molecule has 25 heavy (non-hydrogen) atoms. The van der Waals surface area contributed by atoms with Gasteiger partial charge in [-0.1, -0.05) is 19.8 Å². The predicted molar refractivity (Wildman–Crippen MR) is 95.3 cm³/mol. The van der Waals surface area contributed by atoms with Crippen LogP contribution in [0.1, 0.15) is 57.2 Å². The second-order valence-corrected chi connectivity index (χ2v) is 7.49. The number of piperidine rings is 1. The van der Waals surface area contributed by atoms with Crippen LogP contribution in [0.3, 0.4) is 0 Å². The maximum Gasteiger partial charge on any atom is 0.317 e. The fourth-order valence-electron chi connectivity index (χ4n) is 4.04. The van der Waals surface area contributed by atoms with Gasteiger partial charge < -0.3 is 19.5 Å². The smallest absolute Gasteiger partial charge is 0.317 e. The molecule has 3 rings (SSSR count). The molecule has 0 unspecified atom stereocenters. The number of amides is 2. The number of likely N-dealkylation sites (tertiary alicyclic amines) is 1. The van der Waals surface area contributed by atoms with E-state index in [0.29, 0.717) is 31.7 Å². The van der Waals surface area contributed by atoms with Crippen molar-refractivity contribution in [2.75, 3.05) is 26.2 Å². The Hall–Kier alpha value is -1.63. The maximum absolute atomic E-state index is 12.4. The third-order valence-electron chi connectivity index (χ3n) is 5.56. The van der Waals surface area contributed by atoms with Gasteiger partial charge in [-0.15, -0.1) is 10.2 Å². The fraction of sp³-hybridized carbons (Fsp3) is 0.833. The number of nitrogens with one attached hydrogen (secondary N) is 1. The molecule has 7 heteroatoms. The van der Waals surface area contributed by atoms with Crippen LogP contribution in [-0.2, 0) is 11.8 Å². The summed E-state index contributed by atoms with van der Waals surface area (Å²) in [6.45, 7) is 4.96. The van der Waals surface area contributed by atoms with E-state index in [1.165, 1.54) is 19.3 Å². The van der Waals surface area contributed by atoms with Crippen LogP contribution in [0, 0.1) is 5.92 Å². The van der Waals surface area contributed by atoms with Crippen molar-refractivity contribution in [2.24, 2.45) is 13.0 Å². The molecule has 1 saturated heterocycles. The number of aromatic nitrogens is 3. The summed E-state index contributed by atoms with van der Waals surface area (Å²) in [5, 5.41) is 11.2.